The van der Waals surface area contributed by atoms with Gasteiger partial charge in [0.2, 0.25) is 0 Å². The van der Waals surface area contributed by atoms with E-state index in [9.17, 15) is 9.18 Å². The summed E-state index contributed by atoms with van der Waals surface area (Å²) in [5.41, 5.74) is 3.91. The van der Waals surface area contributed by atoms with Crippen LogP contribution in [0.5, 0.6) is 5.75 Å². The second kappa shape index (κ2) is 11.1. The molecule has 170 valence electrons. The highest BCUT2D eigenvalue weighted by molar-refractivity contribution is 9.10. The van der Waals surface area contributed by atoms with Crippen LogP contribution in [0.2, 0.25) is 0 Å². The summed E-state index contributed by atoms with van der Waals surface area (Å²) < 4.78 is 21.6. The van der Waals surface area contributed by atoms with Gasteiger partial charge in [0.15, 0.2) is 11.6 Å². The van der Waals surface area contributed by atoms with Gasteiger partial charge >= 0.3 is 6.09 Å². The molecule has 33 heavy (non-hydrogen) atoms. The van der Waals surface area contributed by atoms with Gasteiger partial charge in [-0.3, -0.25) is 4.90 Å². The van der Waals surface area contributed by atoms with E-state index in [1.54, 1.807) is 6.07 Å². The van der Waals surface area contributed by atoms with Crippen LogP contribution in [0.4, 0.5) is 9.18 Å². The minimum absolute atomic E-state index is 0.100. The zero-order chi connectivity index (χ0) is 23.2. The lowest BCUT2D eigenvalue weighted by atomic mass is 10.1. The van der Waals surface area contributed by atoms with E-state index in [2.05, 4.69) is 72.4 Å². The molecule has 0 fully saturated rings. The number of nitrogens with one attached hydrogen (secondary N) is 1. The van der Waals surface area contributed by atoms with E-state index in [1.807, 2.05) is 24.3 Å². The molecule has 0 bridgehead atoms. The molecule has 3 aromatic carbocycles. The van der Waals surface area contributed by atoms with Crippen LogP contribution in [-0.4, -0.2) is 30.6 Å². The van der Waals surface area contributed by atoms with Crippen molar-refractivity contribution in [1.82, 2.24) is 10.2 Å². The van der Waals surface area contributed by atoms with Gasteiger partial charge < -0.3 is 10.1 Å². The van der Waals surface area contributed by atoms with Gasteiger partial charge in [-0.05, 0) is 59.0 Å². The summed E-state index contributed by atoms with van der Waals surface area (Å²) >= 11 is 7.03. The van der Waals surface area contributed by atoms with E-state index in [-0.39, 0.29) is 5.75 Å². The summed E-state index contributed by atoms with van der Waals surface area (Å²) in [7, 11) is 0. The van der Waals surface area contributed by atoms with E-state index >= 15 is 0 Å². The average molecular weight is 574 g/mol. The van der Waals surface area contributed by atoms with E-state index in [4.69, 9.17) is 4.74 Å². The highest BCUT2D eigenvalue weighted by atomic mass is 79.9. The second-order valence-corrected chi connectivity index (χ2v) is 9.58. The van der Waals surface area contributed by atoms with Gasteiger partial charge in [-0.15, -0.1) is 0 Å². The molecule has 1 aliphatic rings. The standard InChI is InChI=1S/C26H23Br2FN2O2/c27-22-8-5-19(6-9-22)20-7-10-25(24(29)16-20)33-26(32)30-12-11-18-3-4-21(23(28)15-18)17-31-13-1-2-14-31/h1-10,15-16H,11-14,17H2,(H,30,32). The Morgan fingerprint density at radius 1 is 0.970 bits per heavy atom. The van der Waals surface area contributed by atoms with Gasteiger partial charge in [-0.25, -0.2) is 9.18 Å². The van der Waals surface area contributed by atoms with Crippen molar-refractivity contribution in [2.45, 2.75) is 13.0 Å². The summed E-state index contributed by atoms with van der Waals surface area (Å²) in [5.74, 6) is -0.685. The maximum Gasteiger partial charge on any atom is 0.412 e. The molecule has 1 amide bonds. The fraction of sp³-hybridized carbons (Fsp3) is 0.192. The lowest BCUT2D eigenvalue weighted by Crippen LogP contribution is -2.29. The first kappa shape index (κ1) is 23.7. The number of hydrogen-bond acceptors (Lipinski definition) is 3. The molecule has 4 rings (SSSR count). The number of amides is 1. The third kappa shape index (κ3) is 6.53. The molecule has 0 aromatic heterocycles. The molecule has 0 radical (unpaired) electrons. The van der Waals surface area contributed by atoms with Crippen molar-refractivity contribution < 1.29 is 13.9 Å². The number of ether oxygens (including phenoxy) is 1. The van der Waals surface area contributed by atoms with Crippen molar-refractivity contribution in [1.29, 1.82) is 0 Å². The third-order valence-electron chi connectivity index (χ3n) is 5.40. The number of rotatable bonds is 7. The average Bonchev–Trinajstić information content (AvgIpc) is 3.31. The number of halogens is 3. The molecule has 0 unspecified atom stereocenters. The Hall–Kier alpha value is -2.48. The quantitative estimate of drug-likeness (QED) is 0.319. The second-order valence-electron chi connectivity index (χ2n) is 7.81. The van der Waals surface area contributed by atoms with Crippen molar-refractivity contribution >= 4 is 38.0 Å². The van der Waals surface area contributed by atoms with Crippen molar-refractivity contribution in [2.24, 2.45) is 0 Å². The molecule has 3 aromatic rings. The largest absolute Gasteiger partial charge is 0.412 e. The third-order valence-corrected chi connectivity index (χ3v) is 6.67. The van der Waals surface area contributed by atoms with Crippen molar-refractivity contribution in [3.8, 4) is 16.9 Å². The summed E-state index contributed by atoms with van der Waals surface area (Å²) in [6.45, 7) is 3.24. The van der Waals surface area contributed by atoms with Crippen LogP contribution in [0, 0.1) is 5.82 Å². The number of carbonyl (C=O) groups excluding carboxylic acids is 1. The molecule has 1 heterocycles. The number of hydrogen-bond donors (Lipinski definition) is 1. The smallest absolute Gasteiger partial charge is 0.407 e. The Kier molecular flexibility index (Phi) is 7.96. The predicted octanol–water partition coefficient (Wildman–Crippen LogP) is 6.72. The van der Waals surface area contributed by atoms with Crippen molar-refractivity contribution in [3.05, 3.63) is 98.7 Å². The molecule has 0 atom stereocenters. The molecular formula is C26H23Br2FN2O2. The zero-order valence-corrected chi connectivity index (χ0v) is 21.0. The molecular weight excluding hydrogens is 551 g/mol. The van der Waals surface area contributed by atoms with Crippen molar-refractivity contribution in [2.75, 3.05) is 19.6 Å². The molecule has 4 nitrogen and oxygen atoms in total. The van der Waals surface area contributed by atoms with Gasteiger partial charge in [0.1, 0.15) is 0 Å². The lowest BCUT2D eigenvalue weighted by molar-refractivity contribution is 0.198. The summed E-state index contributed by atoms with van der Waals surface area (Å²) in [4.78, 5) is 14.5. The molecule has 1 aliphatic heterocycles. The first-order valence-electron chi connectivity index (χ1n) is 10.6. The summed E-state index contributed by atoms with van der Waals surface area (Å²) in [6, 6.07) is 18.4. The minimum Gasteiger partial charge on any atom is -0.407 e. The Morgan fingerprint density at radius 3 is 2.39 bits per heavy atom. The molecule has 0 spiro atoms. The van der Waals surface area contributed by atoms with E-state index in [0.29, 0.717) is 18.5 Å². The van der Waals surface area contributed by atoms with Crippen LogP contribution in [-0.2, 0) is 13.0 Å². The first-order chi connectivity index (χ1) is 16.0. The minimum atomic E-state index is -0.678. The van der Waals surface area contributed by atoms with Gasteiger partial charge in [-0.2, -0.15) is 0 Å². The topological polar surface area (TPSA) is 41.6 Å². The normalized spacial score (nSPS) is 13.3. The number of benzene rings is 3. The van der Waals surface area contributed by atoms with Gasteiger partial charge in [0.25, 0.3) is 0 Å². The number of nitrogens with zero attached hydrogens (tertiary/aromatic N) is 1. The number of carbonyl (C=O) groups is 1. The van der Waals surface area contributed by atoms with Crippen LogP contribution < -0.4 is 10.1 Å². The monoisotopic (exact) mass is 572 g/mol. The Labute approximate surface area is 209 Å². The first-order valence-corrected chi connectivity index (χ1v) is 12.2. The molecule has 7 heteroatoms. The van der Waals surface area contributed by atoms with E-state index in [0.717, 1.165) is 39.7 Å². The van der Waals surface area contributed by atoms with Gasteiger partial charge in [0.05, 0.1) is 0 Å². The van der Waals surface area contributed by atoms with E-state index < -0.39 is 11.9 Å². The Balaban J connectivity index is 1.27. The fourth-order valence-corrected chi connectivity index (χ4v) is 4.43. The van der Waals surface area contributed by atoms with E-state index in [1.165, 1.54) is 17.7 Å². The maximum absolute atomic E-state index is 14.5. The highest BCUT2D eigenvalue weighted by Crippen LogP contribution is 2.27. The molecule has 0 aliphatic carbocycles. The zero-order valence-electron chi connectivity index (χ0n) is 17.9. The van der Waals surface area contributed by atoms with Crippen LogP contribution in [0.15, 0.2) is 81.8 Å². The van der Waals surface area contributed by atoms with Crippen molar-refractivity contribution in [3.63, 3.8) is 0 Å². The van der Waals surface area contributed by atoms with Gasteiger partial charge in [-0.1, -0.05) is 74.3 Å². The van der Waals surface area contributed by atoms with Gasteiger partial charge in [0, 0.05) is 35.1 Å². The SMILES string of the molecule is O=C(NCCc1ccc(CN2CC=CC2)c(Br)c1)Oc1ccc(-c2ccc(Br)cc2)cc1F. The maximum atomic E-state index is 14.5. The van der Waals surface area contributed by atoms with Crippen LogP contribution >= 0.6 is 31.9 Å². The highest BCUT2D eigenvalue weighted by Gasteiger charge is 2.12. The van der Waals surface area contributed by atoms with Crippen LogP contribution in [0.3, 0.4) is 0 Å². The molecule has 1 N–H and O–H groups in total. The summed E-state index contributed by atoms with van der Waals surface area (Å²) in [6.07, 6.45) is 4.32. The van der Waals surface area contributed by atoms with Crippen LogP contribution in [0.1, 0.15) is 11.1 Å². The predicted molar refractivity (Wildman–Crippen MR) is 136 cm³/mol. The van der Waals surface area contributed by atoms with Crippen LogP contribution in [0.25, 0.3) is 11.1 Å². The molecule has 0 saturated carbocycles. The lowest BCUT2D eigenvalue weighted by Gasteiger charge is -2.16. The fourth-order valence-electron chi connectivity index (χ4n) is 3.62. The summed E-state index contributed by atoms with van der Waals surface area (Å²) in [5, 5.41) is 2.69. The molecule has 0 saturated heterocycles. The Bertz CT molecular complexity index is 1160. The Morgan fingerprint density at radius 2 is 1.70 bits per heavy atom.